The van der Waals surface area contributed by atoms with Crippen molar-refractivity contribution in [2.45, 2.75) is 38.9 Å². The van der Waals surface area contributed by atoms with Crippen molar-refractivity contribution < 1.29 is 23.4 Å². The number of benzene rings is 2. The minimum atomic E-state index is -1.90. The smallest absolute Gasteiger partial charge is 0.250 e. The Morgan fingerprint density at radius 1 is 0.933 bits per heavy atom. The summed E-state index contributed by atoms with van der Waals surface area (Å²) in [6, 6.07) is 11.1. The van der Waals surface area contributed by atoms with Gasteiger partial charge in [0.2, 0.25) is 8.32 Å². The average Bonchev–Trinajstić information content (AvgIpc) is 2.69. The number of hydrogen-bond acceptors (Lipinski definition) is 5. The molecule has 0 spiro atoms. The van der Waals surface area contributed by atoms with Crippen molar-refractivity contribution in [2.24, 2.45) is 0 Å². The molecule has 0 N–H and O–H groups in total. The van der Waals surface area contributed by atoms with E-state index in [9.17, 15) is 4.79 Å². The van der Waals surface area contributed by atoms with Crippen LogP contribution in [0.15, 0.2) is 42.5 Å². The first-order chi connectivity index (χ1) is 14.1. The highest BCUT2D eigenvalue weighted by Crippen LogP contribution is 2.38. The zero-order chi connectivity index (χ0) is 22.4. The maximum atomic E-state index is 11.4. The SMILES string of the molecule is COc1cc(C=O)c(/C=C/COc2cccc(O[Si](C)(C)C(C)(C)C)c2)cc1OC. The molecule has 0 aliphatic heterocycles. The second-order valence-corrected chi connectivity index (χ2v) is 13.2. The van der Waals surface area contributed by atoms with Crippen molar-refractivity contribution in [2.75, 3.05) is 20.8 Å². The van der Waals surface area contributed by atoms with Crippen LogP contribution in [-0.2, 0) is 0 Å². The molecule has 0 atom stereocenters. The lowest BCUT2D eigenvalue weighted by molar-refractivity contribution is 0.112. The monoisotopic (exact) mass is 428 g/mol. The highest BCUT2D eigenvalue weighted by Gasteiger charge is 2.38. The molecule has 0 fully saturated rings. The van der Waals surface area contributed by atoms with Gasteiger partial charge in [-0.25, -0.2) is 0 Å². The number of carbonyl (C=O) groups is 1. The zero-order valence-corrected chi connectivity index (χ0v) is 19.9. The molecule has 30 heavy (non-hydrogen) atoms. The van der Waals surface area contributed by atoms with Crippen molar-refractivity contribution in [3.63, 3.8) is 0 Å². The molecule has 2 rings (SSSR count). The Hall–Kier alpha value is -2.73. The van der Waals surface area contributed by atoms with Crippen LogP contribution in [0.1, 0.15) is 36.7 Å². The normalized spacial score (nSPS) is 12.0. The van der Waals surface area contributed by atoms with Gasteiger partial charge >= 0.3 is 0 Å². The summed E-state index contributed by atoms with van der Waals surface area (Å²) in [6.07, 6.45) is 4.49. The highest BCUT2D eigenvalue weighted by molar-refractivity contribution is 6.74. The predicted molar refractivity (Wildman–Crippen MR) is 124 cm³/mol. The van der Waals surface area contributed by atoms with E-state index in [1.54, 1.807) is 26.4 Å². The van der Waals surface area contributed by atoms with Crippen LogP contribution in [-0.4, -0.2) is 35.4 Å². The van der Waals surface area contributed by atoms with Gasteiger partial charge in [0.1, 0.15) is 18.1 Å². The molecule has 6 heteroatoms. The Bertz CT molecular complexity index is 897. The van der Waals surface area contributed by atoms with Gasteiger partial charge in [-0.2, -0.15) is 0 Å². The van der Waals surface area contributed by atoms with E-state index in [0.717, 1.165) is 23.3 Å². The molecule has 0 heterocycles. The summed E-state index contributed by atoms with van der Waals surface area (Å²) in [4.78, 5) is 11.4. The van der Waals surface area contributed by atoms with E-state index in [2.05, 4.69) is 33.9 Å². The van der Waals surface area contributed by atoms with Gasteiger partial charge in [-0.1, -0.05) is 32.9 Å². The lowest BCUT2D eigenvalue weighted by Crippen LogP contribution is -2.43. The largest absolute Gasteiger partial charge is 0.543 e. The van der Waals surface area contributed by atoms with Crippen molar-refractivity contribution in [3.8, 4) is 23.0 Å². The van der Waals surface area contributed by atoms with Gasteiger partial charge in [0.25, 0.3) is 0 Å². The molecule has 0 radical (unpaired) electrons. The van der Waals surface area contributed by atoms with Gasteiger partial charge in [0, 0.05) is 11.6 Å². The molecular weight excluding hydrogens is 396 g/mol. The van der Waals surface area contributed by atoms with Crippen molar-refractivity contribution in [1.29, 1.82) is 0 Å². The lowest BCUT2D eigenvalue weighted by atomic mass is 10.1. The van der Waals surface area contributed by atoms with E-state index in [1.165, 1.54) is 0 Å². The first kappa shape index (κ1) is 23.5. The number of hydrogen-bond donors (Lipinski definition) is 0. The summed E-state index contributed by atoms with van der Waals surface area (Å²) in [5.74, 6) is 2.65. The van der Waals surface area contributed by atoms with Crippen LogP contribution < -0.4 is 18.6 Å². The van der Waals surface area contributed by atoms with Crippen LogP contribution in [0.4, 0.5) is 0 Å². The Morgan fingerprint density at radius 3 is 2.10 bits per heavy atom. The van der Waals surface area contributed by atoms with Gasteiger partial charge in [0.05, 0.1) is 14.2 Å². The quantitative estimate of drug-likeness (QED) is 0.362. The fraction of sp³-hybridized carbons (Fsp3) is 0.375. The summed E-state index contributed by atoms with van der Waals surface area (Å²) < 4.78 is 22.7. The van der Waals surface area contributed by atoms with E-state index < -0.39 is 8.32 Å². The molecule has 2 aromatic carbocycles. The second-order valence-electron chi connectivity index (χ2n) is 8.50. The standard InChI is InChI=1S/C24H32O5Si/c1-24(2,3)30(6,7)29-21-12-8-11-20(16-21)28-13-9-10-18-14-22(26-4)23(27-5)15-19(18)17-25/h8-12,14-17H,13H2,1-7H3/b10-9+. The van der Waals surface area contributed by atoms with Crippen LogP contribution in [0.25, 0.3) is 6.08 Å². The molecule has 0 unspecified atom stereocenters. The molecule has 0 saturated heterocycles. The Labute approximate surface area is 180 Å². The third-order valence-corrected chi connectivity index (χ3v) is 9.70. The Morgan fingerprint density at radius 2 is 1.53 bits per heavy atom. The van der Waals surface area contributed by atoms with Gasteiger partial charge in [-0.05, 0) is 54.0 Å². The summed E-state index contributed by atoms with van der Waals surface area (Å²) >= 11 is 0. The maximum absolute atomic E-state index is 11.4. The first-order valence-electron chi connectivity index (χ1n) is 9.91. The van der Waals surface area contributed by atoms with Gasteiger partial charge < -0.3 is 18.6 Å². The van der Waals surface area contributed by atoms with Gasteiger partial charge in [-0.15, -0.1) is 0 Å². The predicted octanol–water partition coefficient (Wildman–Crippen LogP) is 5.99. The fourth-order valence-electron chi connectivity index (χ4n) is 2.55. The van der Waals surface area contributed by atoms with E-state index >= 15 is 0 Å². The first-order valence-corrected chi connectivity index (χ1v) is 12.8. The maximum Gasteiger partial charge on any atom is 0.250 e. The molecule has 0 aliphatic rings. The molecule has 2 aromatic rings. The molecule has 0 aromatic heterocycles. The molecule has 0 saturated carbocycles. The minimum Gasteiger partial charge on any atom is -0.543 e. The average molecular weight is 429 g/mol. The van der Waals surface area contributed by atoms with E-state index in [-0.39, 0.29) is 5.04 Å². The van der Waals surface area contributed by atoms with Crippen LogP contribution in [0.2, 0.25) is 18.1 Å². The van der Waals surface area contributed by atoms with Gasteiger partial charge in [0.15, 0.2) is 17.8 Å². The summed E-state index contributed by atoms with van der Waals surface area (Å²) in [7, 11) is 1.20. The van der Waals surface area contributed by atoms with E-state index in [1.807, 2.05) is 36.4 Å². The molecule has 5 nitrogen and oxygen atoms in total. The fourth-order valence-corrected chi connectivity index (χ4v) is 3.57. The minimum absolute atomic E-state index is 0.127. The summed E-state index contributed by atoms with van der Waals surface area (Å²) in [5.41, 5.74) is 1.26. The van der Waals surface area contributed by atoms with Crippen molar-refractivity contribution in [3.05, 3.63) is 53.6 Å². The molecule has 0 amide bonds. The lowest BCUT2D eigenvalue weighted by Gasteiger charge is -2.36. The number of methoxy groups -OCH3 is 2. The number of carbonyl (C=O) groups excluding carboxylic acids is 1. The number of rotatable bonds is 9. The van der Waals surface area contributed by atoms with Gasteiger partial charge in [-0.3, -0.25) is 4.79 Å². The highest BCUT2D eigenvalue weighted by atomic mass is 28.4. The van der Waals surface area contributed by atoms with E-state index in [4.69, 9.17) is 18.6 Å². The second kappa shape index (κ2) is 9.85. The van der Waals surface area contributed by atoms with Crippen LogP contribution in [0.3, 0.4) is 0 Å². The van der Waals surface area contributed by atoms with Crippen LogP contribution >= 0.6 is 0 Å². The zero-order valence-electron chi connectivity index (χ0n) is 18.9. The van der Waals surface area contributed by atoms with E-state index in [0.29, 0.717) is 23.7 Å². The van der Waals surface area contributed by atoms with Crippen molar-refractivity contribution >= 4 is 20.7 Å². The Balaban J connectivity index is 2.07. The molecule has 0 bridgehead atoms. The molecule has 0 aliphatic carbocycles. The third kappa shape index (κ3) is 5.89. The number of ether oxygens (including phenoxy) is 3. The molecular formula is C24H32O5Si. The van der Waals surface area contributed by atoms with Crippen LogP contribution in [0, 0.1) is 0 Å². The van der Waals surface area contributed by atoms with Crippen LogP contribution in [0.5, 0.6) is 23.0 Å². The Kier molecular flexibility index (Phi) is 7.73. The van der Waals surface area contributed by atoms with Crippen molar-refractivity contribution in [1.82, 2.24) is 0 Å². The summed E-state index contributed by atoms with van der Waals surface area (Å²) in [6.45, 7) is 11.4. The topological polar surface area (TPSA) is 54.0 Å². The third-order valence-electron chi connectivity index (χ3n) is 5.34. The number of aldehydes is 1. The summed E-state index contributed by atoms with van der Waals surface area (Å²) in [5, 5.41) is 0.127. The molecule has 162 valence electrons.